The van der Waals surface area contributed by atoms with Crippen LogP contribution in [0.4, 0.5) is 5.69 Å². The number of anilines is 1. The standard InChI is InChI=1S/C13H13ClN2O5/c14-7-2-1-6(11(15)17)5-8(7)16-12(18)9-3-4-10(21-9)13(19)20/h1-2,5,9-10H,3-4H2,(H2,15,17)(H,16,18)(H,19,20)/t9-,10+/m0/s1. The van der Waals surface area contributed by atoms with Crippen molar-refractivity contribution in [2.24, 2.45) is 5.73 Å². The fourth-order valence-corrected chi connectivity index (χ4v) is 2.16. The summed E-state index contributed by atoms with van der Waals surface area (Å²) in [5.74, 6) is -2.26. The molecule has 2 rings (SSSR count). The van der Waals surface area contributed by atoms with Crippen LogP contribution < -0.4 is 11.1 Å². The van der Waals surface area contributed by atoms with Crippen molar-refractivity contribution in [3.05, 3.63) is 28.8 Å². The Morgan fingerprint density at radius 1 is 1.29 bits per heavy atom. The van der Waals surface area contributed by atoms with Gasteiger partial charge in [-0.25, -0.2) is 4.79 Å². The van der Waals surface area contributed by atoms with Crippen LogP contribution in [0.15, 0.2) is 18.2 Å². The summed E-state index contributed by atoms with van der Waals surface area (Å²) in [7, 11) is 0. The number of carbonyl (C=O) groups excluding carboxylic acids is 2. The molecular weight excluding hydrogens is 300 g/mol. The lowest BCUT2D eigenvalue weighted by molar-refractivity contribution is -0.150. The summed E-state index contributed by atoms with van der Waals surface area (Å²) in [6, 6.07) is 4.23. The van der Waals surface area contributed by atoms with E-state index >= 15 is 0 Å². The van der Waals surface area contributed by atoms with E-state index < -0.39 is 30.0 Å². The van der Waals surface area contributed by atoms with E-state index in [9.17, 15) is 14.4 Å². The summed E-state index contributed by atoms with van der Waals surface area (Å²) in [5, 5.41) is 11.6. The number of nitrogens with one attached hydrogen (secondary N) is 1. The average molecular weight is 313 g/mol. The molecule has 0 aliphatic carbocycles. The van der Waals surface area contributed by atoms with Gasteiger partial charge in [-0.05, 0) is 31.0 Å². The maximum Gasteiger partial charge on any atom is 0.332 e. The Balaban J connectivity index is 2.08. The fraction of sp³-hybridized carbons (Fsp3) is 0.308. The Morgan fingerprint density at radius 2 is 1.95 bits per heavy atom. The van der Waals surface area contributed by atoms with Gasteiger partial charge in [0, 0.05) is 5.56 Å². The van der Waals surface area contributed by atoms with Gasteiger partial charge in [-0.15, -0.1) is 0 Å². The van der Waals surface area contributed by atoms with E-state index in [1.807, 2.05) is 0 Å². The van der Waals surface area contributed by atoms with Crippen molar-refractivity contribution in [1.82, 2.24) is 0 Å². The number of nitrogens with two attached hydrogens (primary N) is 1. The number of carboxylic acids is 1. The fourth-order valence-electron chi connectivity index (χ4n) is 2.00. The van der Waals surface area contributed by atoms with Crippen molar-refractivity contribution in [3.63, 3.8) is 0 Å². The molecule has 4 N–H and O–H groups in total. The summed E-state index contributed by atoms with van der Waals surface area (Å²) in [5.41, 5.74) is 5.57. The lowest BCUT2D eigenvalue weighted by Crippen LogP contribution is -2.30. The normalized spacial score (nSPS) is 21.0. The Morgan fingerprint density at radius 3 is 2.52 bits per heavy atom. The third kappa shape index (κ3) is 3.50. The molecule has 7 nitrogen and oxygen atoms in total. The number of aliphatic carboxylic acids is 1. The maximum absolute atomic E-state index is 12.0. The molecule has 2 amide bonds. The minimum atomic E-state index is -1.10. The van der Waals surface area contributed by atoms with Crippen LogP contribution in [-0.2, 0) is 14.3 Å². The Hall–Kier alpha value is -2.12. The van der Waals surface area contributed by atoms with Crippen LogP contribution in [0.25, 0.3) is 0 Å². The number of primary amides is 1. The summed E-state index contributed by atoms with van der Waals surface area (Å²) >= 11 is 5.93. The number of carbonyl (C=O) groups is 3. The maximum atomic E-state index is 12.0. The highest BCUT2D eigenvalue weighted by Crippen LogP contribution is 2.25. The molecule has 1 heterocycles. The predicted molar refractivity (Wildman–Crippen MR) is 74.1 cm³/mol. The van der Waals surface area contributed by atoms with Gasteiger partial charge in [0.25, 0.3) is 5.91 Å². The van der Waals surface area contributed by atoms with Gasteiger partial charge in [-0.3, -0.25) is 9.59 Å². The number of hydrogen-bond donors (Lipinski definition) is 3. The second-order valence-electron chi connectivity index (χ2n) is 4.58. The van der Waals surface area contributed by atoms with E-state index in [1.165, 1.54) is 18.2 Å². The molecule has 1 aliphatic rings. The van der Waals surface area contributed by atoms with Crippen molar-refractivity contribution in [1.29, 1.82) is 0 Å². The summed E-state index contributed by atoms with van der Waals surface area (Å²) in [4.78, 5) is 33.9. The zero-order valence-electron chi connectivity index (χ0n) is 10.8. The molecule has 1 aromatic carbocycles. The zero-order valence-corrected chi connectivity index (χ0v) is 11.6. The van der Waals surface area contributed by atoms with Gasteiger partial charge in [0.1, 0.15) is 6.10 Å². The van der Waals surface area contributed by atoms with Gasteiger partial charge in [0.2, 0.25) is 5.91 Å². The van der Waals surface area contributed by atoms with Crippen molar-refractivity contribution >= 4 is 35.1 Å². The summed E-state index contributed by atoms with van der Waals surface area (Å²) in [6.07, 6.45) is -1.27. The van der Waals surface area contributed by atoms with E-state index in [4.69, 9.17) is 27.2 Å². The van der Waals surface area contributed by atoms with Gasteiger partial charge in [-0.2, -0.15) is 0 Å². The number of hydrogen-bond acceptors (Lipinski definition) is 4. The number of halogens is 1. The molecule has 0 bridgehead atoms. The van der Waals surface area contributed by atoms with Crippen LogP contribution in [0.3, 0.4) is 0 Å². The van der Waals surface area contributed by atoms with E-state index in [0.717, 1.165) is 0 Å². The van der Waals surface area contributed by atoms with Crippen LogP contribution in [0.1, 0.15) is 23.2 Å². The molecule has 1 saturated heterocycles. The number of rotatable bonds is 4. The molecule has 21 heavy (non-hydrogen) atoms. The highest BCUT2D eigenvalue weighted by molar-refractivity contribution is 6.34. The first-order valence-corrected chi connectivity index (χ1v) is 6.54. The first kappa shape index (κ1) is 15.3. The van der Waals surface area contributed by atoms with Crippen molar-refractivity contribution in [2.75, 3.05) is 5.32 Å². The number of carboxylic acid groups (broad SMARTS) is 1. The molecule has 0 unspecified atom stereocenters. The lowest BCUT2D eigenvalue weighted by atomic mass is 10.1. The number of benzene rings is 1. The number of ether oxygens (including phenoxy) is 1. The predicted octanol–water partition coefficient (Wildman–Crippen LogP) is 1.01. The van der Waals surface area contributed by atoms with Crippen LogP contribution in [0.2, 0.25) is 5.02 Å². The SMILES string of the molecule is NC(=O)c1ccc(Cl)c(NC(=O)[C@@H]2CC[C@H](C(=O)O)O2)c1. The lowest BCUT2D eigenvalue weighted by Gasteiger charge is -2.13. The highest BCUT2D eigenvalue weighted by Gasteiger charge is 2.34. The second-order valence-corrected chi connectivity index (χ2v) is 4.98. The first-order chi connectivity index (χ1) is 9.88. The smallest absolute Gasteiger partial charge is 0.332 e. The third-order valence-electron chi connectivity index (χ3n) is 3.10. The average Bonchev–Trinajstić information content (AvgIpc) is 2.90. The van der Waals surface area contributed by atoms with E-state index in [2.05, 4.69) is 5.32 Å². The van der Waals surface area contributed by atoms with Gasteiger partial charge in [0.15, 0.2) is 6.10 Å². The summed E-state index contributed by atoms with van der Waals surface area (Å²) in [6.45, 7) is 0. The largest absolute Gasteiger partial charge is 0.479 e. The van der Waals surface area contributed by atoms with E-state index in [-0.39, 0.29) is 22.7 Å². The van der Waals surface area contributed by atoms with Gasteiger partial charge in [-0.1, -0.05) is 11.6 Å². The van der Waals surface area contributed by atoms with Gasteiger partial charge in [0.05, 0.1) is 10.7 Å². The molecule has 0 saturated carbocycles. The van der Waals surface area contributed by atoms with Crippen molar-refractivity contribution < 1.29 is 24.2 Å². The molecule has 8 heteroatoms. The minimum absolute atomic E-state index is 0.199. The molecule has 1 aromatic rings. The zero-order chi connectivity index (χ0) is 15.6. The van der Waals surface area contributed by atoms with Gasteiger partial charge < -0.3 is 20.9 Å². The molecule has 1 aliphatic heterocycles. The Labute approximate surface area is 125 Å². The molecule has 2 atom stereocenters. The minimum Gasteiger partial charge on any atom is -0.479 e. The second kappa shape index (κ2) is 6.11. The van der Waals surface area contributed by atoms with Crippen LogP contribution in [0.5, 0.6) is 0 Å². The van der Waals surface area contributed by atoms with E-state index in [1.54, 1.807) is 0 Å². The summed E-state index contributed by atoms with van der Waals surface area (Å²) < 4.78 is 5.13. The monoisotopic (exact) mass is 312 g/mol. The van der Waals surface area contributed by atoms with Gasteiger partial charge >= 0.3 is 5.97 Å². The quantitative estimate of drug-likeness (QED) is 0.766. The number of amides is 2. The van der Waals surface area contributed by atoms with E-state index in [0.29, 0.717) is 6.42 Å². The third-order valence-corrected chi connectivity index (χ3v) is 3.43. The van der Waals surface area contributed by atoms with Crippen LogP contribution >= 0.6 is 11.6 Å². The van der Waals surface area contributed by atoms with Crippen LogP contribution in [-0.4, -0.2) is 35.1 Å². The first-order valence-electron chi connectivity index (χ1n) is 6.17. The van der Waals surface area contributed by atoms with Crippen molar-refractivity contribution in [2.45, 2.75) is 25.0 Å². The molecule has 1 fully saturated rings. The molecule has 0 radical (unpaired) electrons. The molecule has 0 spiro atoms. The topological polar surface area (TPSA) is 119 Å². The molecule has 0 aromatic heterocycles. The van der Waals surface area contributed by atoms with Crippen molar-refractivity contribution in [3.8, 4) is 0 Å². The Kier molecular flexibility index (Phi) is 4.44. The Bertz CT molecular complexity index is 604. The molecular formula is C13H13ClN2O5. The van der Waals surface area contributed by atoms with Crippen LogP contribution in [0, 0.1) is 0 Å². The molecule has 112 valence electrons. The highest BCUT2D eigenvalue weighted by atomic mass is 35.5.